The number of benzene rings is 2. The lowest BCUT2D eigenvalue weighted by Gasteiger charge is -2.27. The van der Waals surface area contributed by atoms with E-state index < -0.39 is 35.1 Å². The molecule has 0 spiro atoms. The molecule has 8 nitrogen and oxygen atoms in total. The van der Waals surface area contributed by atoms with Crippen LogP contribution in [0.2, 0.25) is 0 Å². The molecule has 2 heterocycles. The zero-order chi connectivity index (χ0) is 23.0. The molecule has 0 aliphatic carbocycles. The maximum Gasteiger partial charge on any atom is 0.266 e. The molecule has 0 aromatic heterocycles. The van der Waals surface area contributed by atoms with Gasteiger partial charge in [0, 0.05) is 6.42 Å². The van der Waals surface area contributed by atoms with Crippen molar-refractivity contribution in [3.8, 4) is 11.8 Å². The molecule has 0 saturated carbocycles. The van der Waals surface area contributed by atoms with Crippen LogP contribution in [0.3, 0.4) is 0 Å². The third-order valence-corrected chi connectivity index (χ3v) is 5.78. The Morgan fingerprint density at radius 2 is 1.81 bits per heavy atom. The lowest BCUT2D eigenvalue weighted by molar-refractivity contribution is -0.136. The minimum absolute atomic E-state index is 0.0613. The van der Waals surface area contributed by atoms with E-state index in [0.717, 1.165) is 16.0 Å². The fraction of sp³-hybridized carbons (Fsp3) is 0.292. The number of piperidine rings is 1. The molecular formula is C24H21N3O5. The van der Waals surface area contributed by atoms with Gasteiger partial charge in [-0.2, -0.15) is 5.26 Å². The summed E-state index contributed by atoms with van der Waals surface area (Å²) in [4.78, 5) is 50.5. The number of hydrogen-bond donors (Lipinski definition) is 1. The highest BCUT2D eigenvalue weighted by Gasteiger charge is 2.46. The van der Waals surface area contributed by atoms with Crippen LogP contribution in [0.4, 0.5) is 0 Å². The van der Waals surface area contributed by atoms with Crippen LogP contribution in [-0.2, 0) is 21.6 Å². The predicted octanol–water partition coefficient (Wildman–Crippen LogP) is 2.47. The predicted molar refractivity (Wildman–Crippen MR) is 113 cm³/mol. The summed E-state index contributed by atoms with van der Waals surface area (Å²) in [6.07, 6.45) is 0.156. The Balaban J connectivity index is 1.54. The summed E-state index contributed by atoms with van der Waals surface area (Å²) in [5.41, 5.74) is 1.39. The lowest BCUT2D eigenvalue weighted by Crippen LogP contribution is -2.54. The largest absolute Gasteiger partial charge is 0.488 e. The Morgan fingerprint density at radius 3 is 2.47 bits per heavy atom. The molecule has 1 unspecified atom stereocenters. The Kier molecular flexibility index (Phi) is 5.26. The molecule has 2 aromatic rings. The fourth-order valence-electron chi connectivity index (χ4n) is 3.85. The molecule has 1 saturated heterocycles. The van der Waals surface area contributed by atoms with E-state index in [2.05, 4.69) is 11.4 Å². The maximum absolute atomic E-state index is 13.1. The van der Waals surface area contributed by atoms with Crippen molar-refractivity contribution in [2.24, 2.45) is 0 Å². The van der Waals surface area contributed by atoms with E-state index in [-0.39, 0.29) is 36.3 Å². The van der Waals surface area contributed by atoms with Gasteiger partial charge in [-0.3, -0.25) is 29.4 Å². The number of ether oxygens (including phenoxy) is 1. The van der Waals surface area contributed by atoms with Gasteiger partial charge in [0.05, 0.1) is 22.6 Å². The van der Waals surface area contributed by atoms with Crippen LogP contribution < -0.4 is 10.1 Å². The number of amides is 4. The average molecular weight is 431 g/mol. The highest BCUT2D eigenvalue weighted by Crippen LogP contribution is 2.34. The Bertz CT molecular complexity index is 1180. The summed E-state index contributed by atoms with van der Waals surface area (Å²) < 4.78 is 5.87. The first-order chi connectivity index (χ1) is 15.2. The molecule has 0 bridgehead atoms. The van der Waals surface area contributed by atoms with Crippen molar-refractivity contribution in [2.45, 2.75) is 44.8 Å². The highest BCUT2D eigenvalue weighted by molar-refractivity contribution is 6.24. The molecule has 32 heavy (non-hydrogen) atoms. The molecular weight excluding hydrogens is 410 g/mol. The van der Waals surface area contributed by atoms with E-state index in [9.17, 15) is 24.4 Å². The van der Waals surface area contributed by atoms with Crippen LogP contribution in [0.25, 0.3) is 0 Å². The summed E-state index contributed by atoms with van der Waals surface area (Å²) in [5.74, 6) is -2.01. The number of carbonyl (C=O) groups excluding carboxylic acids is 4. The van der Waals surface area contributed by atoms with E-state index in [0.29, 0.717) is 0 Å². The normalized spacial score (nSPS) is 18.3. The number of fused-ring (bicyclic) bond motifs is 1. The summed E-state index contributed by atoms with van der Waals surface area (Å²) in [6.45, 7) is 3.83. The minimum Gasteiger partial charge on any atom is -0.488 e. The number of nitrogens with one attached hydrogen (secondary N) is 1. The number of imide groups is 2. The molecule has 8 heteroatoms. The number of carbonyl (C=O) groups is 4. The smallest absolute Gasteiger partial charge is 0.266 e. The van der Waals surface area contributed by atoms with Crippen molar-refractivity contribution in [3.63, 3.8) is 0 Å². The van der Waals surface area contributed by atoms with Crippen LogP contribution in [0.5, 0.6) is 5.75 Å². The quantitative estimate of drug-likeness (QED) is 0.727. The molecule has 162 valence electrons. The number of hydrogen-bond acceptors (Lipinski definition) is 6. The molecule has 4 amide bonds. The molecule has 1 fully saturated rings. The summed E-state index contributed by atoms with van der Waals surface area (Å²) in [6, 6.07) is 13.4. The second kappa shape index (κ2) is 7.93. The van der Waals surface area contributed by atoms with E-state index in [1.807, 2.05) is 38.1 Å². The van der Waals surface area contributed by atoms with E-state index in [1.165, 1.54) is 6.07 Å². The molecule has 0 radical (unpaired) electrons. The van der Waals surface area contributed by atoms with Gasteiger partial charge in [0.1, 0.15) is 18.4 Å². The first kappa shape index (κ1) is 21.2. The second-order valence-electron chi connectivity index (χ2n) is 8.35. The van der Waals surface area contributed by atoms with Crippen molar-refractivity contribution in [2.75, 3.05) is 0 Å². The van der Waals surface area contributed by atoms with Gasteiger partial charge in [-0.1, -0.05) is 30.3 Å². The fourth-order valence-corrected chi connectivity index (χ4v) is 3.85. The monoisotopic (exact) mass is 431 g/mol. The third kappa shape index (κ3) is 3.62. The molecule has 2 aliphatic rings. The van der Waals surface area contributed by atoms with E-state index in [1.54, 1.807) is 12.1 Å². The first-order valence-corrected chi connectivity index (χ1v) is 10.2. The van der Waals surface area contributed by atoms with Crippen molar-refractivity contribution in [1.82, 2.24) is 10.2 Å². The maximum atomic E-state index is 13.1. The van der Waals surface area contributed by atoms with Crippen molar-refractivity contribution in [1.29, 1.82) is 5.26 Å². The molecule has 1 atom stereocenters. The van der Waals surface area contributed by atoms with Gasteiger partial charge in [0.15, 0.2) is 0 Å². The second-order valence-corrected chi connectivity index (χ2v) is 8.35. The van der Waals surface area contributed by atoms with Crippen molar-refractivity contribution in [3.05, 3.63) is 64.7 Å². The Hall–Kier alpha value is -3.99. The first-order valence-electron chi connectivity index (χ1n) is 10.2. The van der Waals surface area contributed by atoms with Crippen molar-refractivity contribution < 1.29 is 23.9 Å². The van der Waals surface area contributed by atoms with Gasteiger partial charge < -0.3 is 4.74 Å². The summed E-state index contributed by atoms with van der Waals surface area (Å²) in [5, 5.41) is 11.4. The number of nitrogens with zero attached hydrogens (tertiary/aromatic N) is 2. The molecule has 4 rings (SSSR count). The standard InChI is InChI=1S/C24H21N3O5/c1-24(2,13-25)15-8-6-14(7-9-15)12-32-18-5-3-4-16-20(18)23(31)27(22(16)30)17-10-11-19(28)26-21(17)29/h3-9,17H,10-12H2,1-2H3,(H,26,28,29). The Morgan fingerprint density at radius 1 is 1.09 bits per heavy atom. The topological polar surface area (TPSA) is 117 Å². The molecule has 1 N–H and O–H groups in total. The van der Waals surface area contributed by atoms with Gasteiger partial charge in [0.25, 0.3) is 11.8 Å². The number of nitriles is 1. The van der Waals surface area contributed by atoms with Gasteiger partial charge in [-0.05, 0) is 43.5 Å². The summed E-state index contributed by atoms with van der Waals surface area (Å²) in [7, 11) is 0. The van der Waals surface area contributed by atoms with Crippen molar-refractivity contribution >= 4 is 23.6 Å². The Labute approximate surface area is 184 Å². The SMILES string of the molecule is CC(C)(C#N)c1ccc(COc2cccc3c2C(=O)N(C2CCC(=O)NC2=O)C3=O)cc1. The summed E-state index contributed by atoms with van der Waals surface area (Å²) >= 11 is 0. The van der Waals surface area contributed by atoms with Crippen LogP contribution in [0.15, 0.2) is 42.5 Å². The molecule has 2 aromatic carbocycles. The number of rotatable bonds is 5. The molecule has 2 aliphatic heterocycles. The van der Waals surface area contributed by atoms with E-state index >= 15 is 0 Å². The third-order valence-electron chi connectivity index (χ3n) is 5.78. The highest BCUT2D eigenvalue weighted by atomic mass is 16.5. The zero-order valence-corrected chi connectivity index (χ0v) is 17.7. The zero-order valence-electron chi connectivity index (χ0n) is 17.7. The van der Waals surface area contributed by atoms with Gasteiger partial charge >= 0.3 is 0 Å². The van der Waals surface area contributed by atoms with Gasteiger partial charge in [-0.25, -0.2) is 0 Å². The van der Waals surface area contributed by atoms with Crippen LogP contribution in [0, 0.1) is 11.3 Å². The van der Waals surface area contributed by atoms with Crippen LogP contribution in [-0.4, -0.2) is 34.6 Å². The average Bonchev–Trinajstić information content (AvgIpc) is 3.03. The van der Waals surface area contributed by atoms with E-state index in [4.69, 9.17) is 4.74 Å². The lowest BCUT2D eigenvalue weighted by atomic mass is 9.86. The van der Waals surface area contributed by atoms with Crippen LogP contribution >= 0.6 is 0 Å². The minimum atomic E-state index is -1.02. The van der Waals surface area contributed by atoms with Crippen LogP contribution in [0.1, 0.15) is 58.5 Å². The van der Waals surface area contributed by atoms with Gasteiger partial charge in [-0.15, -0.1) is 0 Å². The van der Waals surface area contributed by atoms with Gasteiger partial charge in [0.2, 0.25) is 11.8 Å².